The maximum atomic E-state index is 10.9. The Morgan fingerprint density at radius 3 is 2.67 bits per heavy atom. The van der Waals surface area contributed by atoms with E-state index in [9.17, 15) is 4.79 Å². The molecule has 3 heteroatoms. The van der Waals surface area contributed by atoms with Crippen molar-refractivity contribution in [3.63, 3.8) is 0 Å². The second-order valence-electron chi connectivity index (χ2n) is 4.51. The van der Waals surface area contributed by atoms with E-state index >= 15 is 0 Å². The van der Waals surface area contributed by atoms with Gasteiger partial charge in [-0.1, -0.05) is 13.8 Å². The SMILES string of the molecule is CC(C)[C@]12C[C@H]1CN(C(N)=O)C2. The van der Waals surface area contributed by atoms with Crippen molar-refractivity contribution in [3.8, 4) is 0 Å². The van der Waals surface area contributed by atoms with Gasteiger partial charge in [-0.05, 0) is 23.7 Å². The summed E-state index contributed by atoms with van der Waals surface area (Å²) >= 11 is 0. The molecule has 2 rings (SSSR count). The molecule has 1 saturated heterocycles. The van der Waals surface area contributed by atoms with Gasteiger partial charge in [-0.2, -0.15) is 0 Å². The molecule has 0 aromatic carbocycles. The predicted octanol–water partition coefficient (Wildman–Crippen LogP) is 1.04. The largest absolute Gasteiger partial charge is 0.351 e. The molecule has 1 aliphatic carbocycles. The first kappa shape index (κ1) is 7.90. The highest BCUT2D eigenvalue weighted by Gasteiger charge is 2.61. The molecule has 0 unspecified atom stereocenters. The number of primary amides is 1. The average molecular weight is 168 g/mol. The number of piperidine rings is 1. The molecular formula is C9H16N2O. The lowest BCUT2D eigenvalue weighted by molar-refractivity contribution is 0.204. The maximum absolute atomic E-state index is 10.9. The highest BCUT2D eigenvalue weighted by molar-refractivity contribution is 5.72. The number of urea groups is 1. The summed E-state index contributed by atoms with van der Waals surface area (Å²) in [5.41, 5.74) is 5.67. The summed E-state index contributed by atoms with van der Waals surface area (Å²) < 4.78 is 0. The molecule has 0 bridgehead atoms. The third kappa shape index (κ3) is 0.853. The van der Waals surface area contributed by atoms with Crippen molar-refractivity contribution >= 4 is 6.03 Å². The van der Waals surface area contributed by atoms with Gasteiger partial charge in [-0.25, -0.2) is 4.79 Å². The van der Waals surface area contributed by atoms with Gasteiger partial charge in [0.05, 0.1) is 0 Å². The zero-order chi connectivity index (χ0) is 8.93. The van der Waals surface area contributed by atoms with E-state index in [2.05, 4.69) is 13.8 Å². The van der Waals surface area contributed by atoms with Crippen molar-refractivity contribution in [3.05, 3.63) is 0 Å². The minimum atomic E-state index is -0.248. The third-order valence-electron chi connectivity index (χ3n) is 3.67. The third-order valence-corrected chi connectivity index (χ3v) is 3.67. The van der Waals surface area contributed by atoms with Crippen LogP contribution in [-0.2, 0) is 0 Å². The lowest BCUT2D eigenvalue weighted by Crippen LogP contribution is -2.36. The van der Waals surface area contributed by atoms with Crippen LogP contribution in [0.5, 0.6) is 0 Å². The van der Waals surface area contributed by atoms with Crippen LogP contribution >= 0.6 is 0 Å². The Hall–Kier alpha value is -0.730. The van der Waals surface area contributed by atoms with Gasteiger partial charge in [0.1, 0.15) is 0 Å². The molecule has 0 spiro atoms. The first-order valence-electron chi connectivity index (χ1n) is 4.60. The molecule has 12 heavy (non-hydrogen) atoms. The fourth-order valence-corrected chi connectivity index (χ4v) is 2.58. The highest BCUT2D eigenvalue weighted by atomic mass is 16.2. The van der Waals surface area contributed by atoms with Crippen molar-refractivity contribution in [1.82, 2.24) is 4.90 Å². The molecule has 2 atom stereocenters. The van der Waals surface area contributed by atoms with E-state index < -0.39 is 0 Å². The van der Waals surface area contributed by atoms with E-state index in [1.165, 1.54) is 6.42 Å². The second kappa shape index (κ2) is 2.15. The number of rotatable bonds is 1. The molecule has 2 N–H and O–H groups in total. The van der Waals surface area contributed by atoms with Gasteiger partial charge in [0.25, 0.3) is 0 Å². The van der Waals surface area contributed by atoms with Gasteiger partial charge in [0.15, 0.2) is 0 Å². The molecular weight excluding hydrogens is 152 g/mol. The molecule has 2 aliphatic rings. The molecule has 2 amide bonds. The number of amides is 2. The number of carbonyl (C=O) groups is 1. The smallest absolute Gasteiger partial charge is 0.314 e. The van der Waals surface area contributed by atoms with Crippen LogP contribution in [0.3, 0.4) is 0 Å². The average Bonchev–Trinajstić information content (AvgIpc) is 2.55. The number of carbonyl (C=O) groups excluding carboxylic acids is 1. The van der Waals surface area contributed by atoms with Gasteiger partial charge < -0.3 is 10.6 Å². The zero-order valence-corrected chi connectivity index (χ0v) is 7.71. The highest BCUT2D eigenvalue weighted by Crippen LogP contribution is 2.61. The molecule has 0 radical (unpaired) electrons. The minimum absolute atomic E-state index is 0.248. The minimum Gasteiger partial charge on any atom is -0.351 e. The van der Waals surface area contributed by atoms with E-state index in [0.29, 0.717) is 11.3 Å². The van der Waals surface area contributed by atoms with Crippen LogP contribution in [0.15, 0.2) is 0 Å². The Bertz CT molecular complexity index is 227. The van der Waals surface area contributed by atoms with Crippen molar-refractivity contribution < 1.29 is 4.79 Å². The topological polar surface area (TPSA) is 46.3 Å². The van der Waals surface area contributed by atoms with E-state index in [4.69, 9.17) is 5.73 Å². The van der Waals surface area contributed by atoms with Gasteiger partial charge in [0.2, 0.25) is 0 Å². The standard InChI is InChI=1S/C9H16N2O/c1-6(2)9-3-7(9)4-11(5-9)8(10)12/h6-7H,3-5H2,1-2H3,(H2,10,12)/t7-,9+/m0/s1. The lowest BCUT2D eigenvalue weighted by atomic mass is 9.92. The Morgan fingerprint density at radius 1 is 1.67 bits per heavy atom. The van der Waals surface area contributed by atoms with Gasteiger partial charge in [0, 0.05) is 13.1 Å². The Kier molecular flexibility index (Phi) is 1.41. The monoisotopic (exact) mass is 168 g/mol. The van der Waals surface area contributed by atoms with Crippen LogP contribution in [0.4, 0.5) is 4.79 Å². The Labute approximate surface area is 72.9 Å². The summed E-state index contributed by atoms with van der Waals surface area (Å²) in [6, 6.07) is -0.248. The number of fused-ring (bicyclic) bond motifs is 1. The fourth-order valence-electron chi connectivity index (χ4n) is 2.58. The molecule has 2 fully saturated rings. The molecule has 0 aromatic rings. The number of hydrogen-bond acceptors (Lipinski definition) is 1. The van der Waals surface area contributed by atoms with Crippen LogP contribution < -0.4 is 5.73 Å². The van der Waals surface area contributed by atoms with E-state index in [1.807, 2.05) is 0 Å². The first-order valence-corrected chi connectivity index (χ1v) is 4.60. The van der Waals surface area contributed by atoms with Crippen molar-refractivity contribution in [2.24, 2.45) is 23.0 Å². The first-order chi connectivity index (χ1) is 5.56. The van der Waals surface area contributed by atoms with Gasteiger partial charge in [-0.3, -0.25) is 0 Å². The second-order valence-corrected chi connectivity index (χ2v) is 4.51. The van der Waals surface area contributed by atoms with E-state index in [0.717, 1.165) is 19.0 Å². The van der Waals surface area contributed by atoms with Crippen LogP contribution in [-0.4, -0.2) is 24.0 Å². The number of likely N-dealkylation sites (tertiary alicyclic amines) is 1. The van der Waals surface area contributed by atoms with Crippen molar-refractivity contribution in [1.29, 1.82) is 0 Å². The summed E-state index contributed by atoms with van der Waals surface area (Å²) in [7, 11) is 0. The number of nitrogens with two attached hydrogens (primary N) is 1. The zero-order valence-electron chi connectivity index (χ0n) is 7.71. The lowest BCUT2D eigenvalue weighted by Gasteiger charge is -2.21. The normalized spacial score (nSPS) is 38.6. The Balaban J connectivity index is 2.05. The molecule has 3 nitrogen and oxygen atoms in total. The van der Waals surface area contributed by atoms with Crippen LogP contribution in [0, 0.1) is 17.3 Å². The molecule has 1 aliphatic heterocycles. The van der Waals surface area contributed by atoms with E-state index in [-0.39, 0.29) is 6.03 Å². The molecule has 0 aromatic heterocycles. The molecule has 1 heterocycles. The summed E-state index contributed by atoms with van der Waals surface area (Å²) in [5.74, 6) is 1.43. The van der Waals surface area contributed by atoms with Crippen LogP contribution in [0.25, 0.3) is 0 Å². The summed E-state index contributed by atoms with van der Waals surface area (Å²) in [6.07, 6.45) is 1.30. The van der Waals surface area contributed by atoms with Crippen molar-refractivity contribution in [2.75, 3.05) is 13.1 Å². The van der Waals surface area contributed by atoms with E-state index in [1.54, 1.807) is 4.90 Å². The Morgan fingerprint density at radius 2 is 2.33 bits per heavy atom. The molecule has 68 valence electrons. The van der Waals surface area contributed by atoms with Crippen LogP contribution in [0.2, 0.25) is 0 Å². The fraction of sp³-hybridized carbons (Fsp3) is 0.889. The maximum Gasteiger partial charge on any atom is 0.314 e. The summed E-state index contributed by atoms with van der Waals surface area (Å²) in [4.78, 5) is 12.7. The molecule has 1 saturated carbocycles. The summed E-state index contributed by atoms with van der Waals surface area (Å²) in [5, 5.41) is 0. The number of nitrogens with zero attached hydrogens (tertiary/aromatic N) is 1. The van der Waals surface area contributed by atoms with Gasteiger partial charge in [-0.15, -0.1) is 0 Å². The van der Waals surface area contributed by atoms with Gasteiger partial charge >= 0.3 is 6.03 Å². The summed E-state index contributed by atoms with van der Waals surface area (Å²) in [6.45, 7) is 6.27. The quantitative estimate of drug-likeness (QED) is 0.625. The van der Waals surface area contributed by atoms with Crippen molar-refractivity contribution in [2.45, 2.75) is 20.3 Å². The number of hydrogen-bond donors (Lipinski definition) is 1. The van der Waals surface area contributed by atoms with Crippen LogP contribution in [0.1, 0.15) is 20.3 Å². The predicted molar refractivity (Wildman–Crippen MR) is 46.5 cm³/mol.